The maximum Gasteiger partial charge on any atom is 0.337 e. The highest BCUT2D eigenvalue weighted by Crippen LogP contribution is 2.27. The van der Waals surface area contributed by atoms with Gasteiger partial charge in [-0.15, -0.1) is 0 Å². The zero-order valence-corrected chi connectivity index (χ0v) is 22.7. The second kappa shape index (κ2) is 12.5. The number of aromatic amines is 1. The fourth-order valence-corrected chi connectivity index (χ4v) is 5.02. The minimum atomic E-state index is -0.348. The summed E-state index contributed by atoms with van der Waals surface area (Å²) in [6.45, 7) is 3.12. The van der Waals surface area contributed by atoms with Crippen molar-refractivity contribution in [1.29, 1.82) is 0 Å². The molecule has 0 amide bonds. The van der Waals surface area contributed by atoms with Gasteiger partial charge in [-0.2, -0.15) is 0 Å². The summed E-state index contributed by atoms with van der Waals surface area (Å²) in [6, 6.07) is 25.1. The van der Waals surface area contributed by atoms with Gasteiger partial charge in [0.25, 0.3) is 0 Å². The Balaban J connectivity index is 1.08. The Morgan fingerprint density at radius 1 is 0.923 bits per heavy atom. The summed E-state index contributed by atoms with van der Waals surface area (Å²) >= 11 is 1.63. The van der Waals surface area contributed by atoms with Gasteiger partial charge in [0.05, 0.1) is 42.6 Å². The number of H-pyrrole nitrogens is 1. The number of imidazole rings is 1. The third kappa shape index (κ3) is 6.59. The van der Waals surface area contributed by atoms with E-state index in [1.807, 2.05) is 79.7 Å². The van der Waals surface area contributed by atoms with Gasteiger partial charge < -0.3 is 19.2 Å². The first kappa shape index (κ1) is 26.3. The van der Waals surface area contributed by atoms with Crippen LogP contribution in [-0.2, 0) is 10.5 Å². The molecule has 0 fully saturated rings. The van der Waals surface area contributed by atoms with Crippen LogP contribution >= 0.6 is 11.8 Å². The van der Waals surface area contributed by atoms with Gasteiger partial charge in [-0.1, -0.05) is 48.2 Å². The number of esters is 1. The summed E-state index contributed by atoms with van der Waals surface area (Å²) in [6.07, 6.45) is 2.53. The van der Waals surface area contributed by atoms with Crippen molar-refractivity contribution in [2.24, 2.45) is 0 Å². The van der Waals surface area contributed by atoms with Gasteiger partial charge >= 0.3 is 5.97 Å². The molecule has 0 unspecified atom stereocenters. The highest BCUT2D eigenvalue weighted by atomic mass is 32.2. The third-order valence-electron chi connectivity index (χ3n) is 6.26. The van der Waals surface area contributed by atoms with Crippen LogP contribution in [0.5, 0.6) is 11.5 Å². The van der Waals surface area contributed by atoms with E-state index in [2.05, 4.69) is 15.0 Å². The standard InChI is InChI=1S/C31H29N3O4S/c1-21-28(20-39-31-33-26-9-3-4-10-27(26)34-31)32-16-15-29(21)38-18-6-17-37-25-13-11-22(12-14-25)23-7-5-8-24(19-23)30(35)36-2/h3-5,7-16,19H,6,17-18,20H2,1-2H3,(H,33,34). The molecule has 0 bridgehead atoms. The second-order valence-corrected chi connectivity index (χ2v) is 9.84. The van der Waals surface area contributed by atoms with Crippen molar-refractivity contribution >= 4 is 28.8 Å². The van der Waals surface area contributed by atoms with Gasteiger partial charge in [0.1, 0.15) is 11.5 Å². The molecule has 3 aromatic carbocycles. The van der Waals surface area contributed by atoms with Gasteiger partial charge in [-0.05, 0) is 60.5 Å². The van der Waals surface area contributed by atoms with Crippen LogP contribution in [0.4, 0.5) is 0 Å². The minimum Gasteiger partial charge on any atom is -0.493 e. The number of carbonyl (C=O) groups is 1. The zero-order chi connectivity index (χ0) is 27.0. The maximum atomic E-state index is 11.8. The average molecular weight is 540 g/mol. The van der Waals surface area contributed by atoms with Gasteiger partial charge in [0.2, 0.25) is 0 Å². The molecule has 2 aromatic heterocycles. The molecule has 7 nitrogen and oxygen atoms in total. The Morgan fingerprint density at radius 2 is 1.74 bits per heavy atom. The number of rotatable bonds is 11. The lowest BCUT2D eigenvalue weighted by molar-refractivity contribution is 0.0600. The number of pyridine rings is 1. The van der Waals surface area contributed by atoms with Crippen LogP contribution < -0.4 is 9.47 Å². The van der Waals surface area contributed by atoms with Crippen molar-refractivity contribution in [3.8, 4) is 22.6 Å². The first-order valence-corrected chi connectivity index (χ1v) is 13.7. The molecule has 1 N–H and O–H groups in total. The molecule has 198 valence electrons. The fourth-order valence-electron chi connectivity index (χ4n) is 4.11. The van der Waals surface area contributed by atoms with E-state index in [0.717, 1.165) is 56.5 Å². The molecular weight excluding hydrogens is 510 g/mol. The molecule has 5 rings (SSSR count). The molecule has 8 heteroatoms. The number of methoxy groups -OCH3 is 1. The molecule has 0 aliphatic heterocycles. The summed E-state index contributed by atoms with van der Waals surface area (Å²) in [4.78, 5) is 24.3. The quantitative estimate of drug-likeness (QED) is 0.111. The van der Waals surface area contributed by atoms with Crippen LogP contribution in [-0.4, -0.2) is 41.2 Å². The second-order valence-electron chi connectivity index (χ2n) is 8.88. The van der Waals surface area contributed by atoms with Crippen LogP contribution in [0.15, 0.2) is 90.2 Å². The van der Waals surface area contributed by atoms with E-state index in [9.17, 15) is 4.79 Å². The fraction of sp³-hybridized carbons (Fsp3) is 0.194. The van der Waals surface area contributed by atoms with Crippen LogP contribution in [0.2, 0.25) is 0 Å². The topological polar surface area (TPSA) is 86.3 Å². The molecule has 0 spiro atoms. The molecular formula is C31H29N3O4S. The number of thioether (sulfide) groups is 1. The molecule has 0 atom stereocenters. The first-order chi connectivity index (χ1) is 19.1. The predicted molar refractivity (Wildman–Crippen MR) is 153 cm³/mol. The number of carbonyl (C=O) groups excluding carboxylic acids is 1. The van der Waals surface area contributed by atoms with Gasteiger partial charge in [0.15, 0.2) is 5.16 Å². The summed E-state index contributed by atoms with van der Waals surface area (Å²) in [5.41, 5.74) is 6.48. The first-order valence-electron chi connectivity index (χ1n) is 12.7. The molecule has 0 radical (unpaired) electrons. The summed E-state index contributed by atoms with van der Waals surface area (Å²) in [7, 11) is 1.38. The van der Waals surface area contributed by atoms with Crippen LogP contribution in [0.3, 0.4) is 0 Å². The monoisotopic (exact) mass is 539 g/mol. The highest BCUT2D eigenvalue weighted by Gasteiger charge is 2.10. The van der Waals surface area contributed by atoms with Crippen molar-refractivity contribution in [3.63, 3.8) is 0 Å². The summed E-state index contributed by atoms with van der Waals surface area (Å²) in [5.74, 6) is 1.98. The van der Waals surface area contributed by atoms with Crippen molar-refractivity contribution in [2.75, 3.05) is 20.3 Å². The largest absolute Gasteiger partial charge is 0.493 e. The predicted octanol–water partition coefficient (Wildman–Crippen LogP) is 6.86. The maximum absolute atomic E-state index is 11.8. The lowest BCUT2D eigenvalue weighted by Crippen LogP contribution is -2.06. The van der Waals surface area contributed by atoms with Crippen LogP contribution in [0.25, 0.3) is 22.2 Å². The van der Waals surface area contributed by atoms with E-state index in [1.54, 1.807) is 24.0 Å². The van der Waals surface area contributed by atoms with Crippen molar-refractivity contribution in [1.82, 2.24) is 15.0 Å². The number of hydrogen-bond acceptors (Lipinski definition) is 7. The molecule has 5 aromatic rings. The van der Waals surface area contributed by atoms with Crippen molar-refractivity contribution in [3.05, 3.63) is 102 Å². The third-order valence-corrected chi connectivity index (χ3v) is 7.14. The van der Waals surface area contributed by atoms with Crippen molar-refractivity contribution < 1.29 is 19.0 Å². The number of nitrogens with zero attached hydrogens (tertiary/aromatic N) is 2. The summed E-state index contributed by atoms with van der Waals surface area (Å²) < 4.78 is 16.8. The van der Waals surface area contributed by atoms with E-state index in [-0.39, 0.29) is 5.97 Å². The number of hydrogen-bond donors (Lipinski definition) is 1. The van der Waals surface area contributed by atoms with Gasteiger partial charge in [0, 0.05) is 23.9 Å². The molecule has 0 aliphatic rings. The lowest BCUT2D eigenvalue weighted by Gasteiger charge is -2.12. The Bertz CT molecular complexity index is 1530. The number of para-hydroxylation sites is 2. The normalized spacial score (nSPS) is 10.9. The van der Waals surface area contributed by atoms with E-state index >= 15 is 0 Å². The molecule has 0 saturated heterocycles. The molecule has 0 aliphatic carbocycles. The zero-order valence-electron chi connectivity index (χ0n) is 21.8. The molecule has 0 saturated carbocycles. The van der Waals surface area contributed by atoms with Gasteiger partial charge in [-0.3, -0.25) is 4.98 Å². The summed E-state index contributed by atoms with van der Waals surface area (Å²) in [5, 5.41) is 0.878. The smallest absolute Gasteiger partial charge is 0.337 e. The minimum absolute atomic E-state index is 0.348. The van der Waals surface area contributed by atoms with Crippen LogP contribution in [0, 0.1) is 6.92 Å². The van der Waals surface area contributed by atoms with E-state index in [1.165, 1.54) is 7.11 Å². The Kier molecular flexibility index (Phi) is 8.43. The molecule has 39 heavy (non-hydrogen) atoms. The van der Waals surface area contributed by atoms with E-state index in [4.69, 9.17) is 14.2 Å². The van der Waals surface area contributed by atoms with E-state index in [0.29, 0.717) is 24.5 Å². The highest BCUT2D eigenvalue weighted by molar-refractivity contribution is 7.98. The van der Waals surface area contributed by atoms with Crippen LogP contribution in [0.1, 0.15) is 28.0 Å². The SMILES string of the molecule is COC(=O)c1cccc(-c2ccc(OCCCOc3ccnc(CSc4nc5ccccc5[nH]4)c3C)cc2)c1. The Labute approximate surface area is 231 Å². The number of benzene rings is 3. The Morgan fingerprint density at radius 3 is 2.56 bits per heavy atom. The Hall–Kier alpha value is -4.30. The molecule has 2 heterocycles. The number of aromatic nitrogens is 3. The number of fused-ring (bicyclic) bond motifs is 1. The number of ether oxygens (including phenoxy) is 3. The van der Waals surface area contributed by atoms with Gasteiger partial charge in [-0.25, -0.2) is 9.78 Å². The number of nitrogens with one attached hydrogen (secondary N) is 1. The van der Waals surface area contributed by atoms with Crippen molar-refractivity contribution in [2.45, 2.75) is 24.3 Å². The average Bonchev–Trinajstić information content (AvgIpc) is 3.40. The lowest BCUT2D eigenvalue weighted by atomic mass is 10.0. The van der Waals surface area contributed by atoms with E-state index < -0.39 is 0 Å².